The first-order chi connectivity index (χ1) is 7.19. The van der Waals surface area contributed by atoms with Gasteiger partial charge >= 0.3 is 5.97 Å². The van der Waals surface area contributed by atoms with Gasteiger partial charge in [0, 0.05) is 0 Å². The quantitative estimate of drug-likeness (QED) is 0.458. The van der Waals surface area contributed by atoms with Crippen LogP contribution >= 0.6 is 0 Å². The summed E-state index contributed by atoms with van der Waals surface area (Å²) >= 11 is 0. The molecule has 0 spiro atoms. The standard InChI is InChI=1S/C11H12O4/c1-8(7-12)11(13)15-10-6-4-3-5-9(10)14-2/h3-6,12H,1,7H2,2H3. The molecule has 0 fully saturated rings. The van der Waals surface area contributed by atoms with Crippen molar-refractivity contribution >= 4 is 5.97 Å². The minimum absolute atomic E-state index is 0.000839. The molecule has 0 aliphatic heterocycles. The largest absolute Gasteiger partial charge is 0.493 e. The van der Waals surface area contributed by atoms with Gasteiger partial charge in [-0.05, 0) is 12.1 Å². The maximum absolute atomic E-state index is 11.3. The molecule has 0 unspecified atom stereocenters. The second-order valence-electron chi connectivity index (χ2n) is 2.80. The number of benzene rings is 1. The number of hydrogen-bond donors (Lipinski definition) is 1. The summed E-state index contributed by atoms with van der Waals surface area (Å²) in [5, 5.41) is 8.68. The Balaban J connectivity index is 2.80. The van der Waals surface area contributed by atoms with Gasteiger partial charge in [0.05, 0.1) is 19.3 Å². The van der Waals surface area contributed by atoms with E-state index in [0.717, 1.165) is 0 Å². The summed E-state index contributed by atoms with van der Waals surface area (Å²) in [4.78, 5) is 11.3. The lowest BCUT2D eigenvalue weighted by Crippen LogP contribution is -2.13. The Morgan fingerprint density at radius 3 is 2.53 bits per heavy atom. The van der Waals surface area contributed by atoms with Gasteiger partial charge in [0.2, 0.25) is 0 Å². The molecule has 0 saturated heterocycles. The Labute approximate surface area is 87.7 Å². The van der Waals surface area contributed by atoms with Gasteiger partial charge in [-0.2, -0.15) is 0 Å². The molecule has 4 nitrogen and oxygen atoms in total. The van der Waals surface area contributed by atoms with Gasteiger partial charge in [-0.15, -0.1) is 0 Å². The Kier molecular flexibility index (Phi) is 3.88. The van der Waals surface area contributed by atoms with E-state index in [9.17, 15) is 4.79 Å². The summed E-state index contributed by atoms with van der Waals surface area (Å²) in [7, 11) is 1.48. The lowest BCUT2D eigenvalue weighted by molar-refractivity contribution is -0.130. The van der Waals surface area contributed by atoms with Crippen molar-refractivity contribution in [2.45, 2.75) is 0 Å². The number of rotatable bonds is 4. The van der Waals surface area contributed by atoms with Crippen LogP contribution in [0.1, 0.15) is 0 Å². The van der Waals surface area contributed by atoms with E-state index in [2.05, 4.69) is 6.58 Å². The monoisotopic (exact) mass is 208 g/mol. The van der Waals surface area contributed by atoms with E-state index >= 15 is 0 Å². The van der Waals surface area contributed by atoms with Crippen LogP contribution in [-0.4, -0.2) is 24.8 Å². The predicted octanol–water partition coefficient (Wildman–Crippen LogP) is 1.15. The molecule has 0 aromatic heterocycles. The van der Waals surface area contributed by atoms with Crippen molar-refractivity contribution in [2.24, 2.45) is 0 Å². The summed E-state index contributed by atoms with van der Waals surface area (Å²) in [6, 6.07) is 6.75. The molecule has 1 aromatic carbocycles. The van der Waals surface area contributed by atoms with E-state index in [4.69, 9.17) is 14.6 Å². The fourth-order valence-corrected chi connectivity index (χ4v) is 0.940. The van der Waals surface area contributed by atoms with Crippen molar-refractivity contribution in [1.29, 1.82) is 0 Å². The zero-order valence-corrected chi connectivity index (χ0v) is 8.40. The second-order valence-corrected chi connectivity index (χ2v) is 2.80. The third kappa shape index (κ3) is 2.82. The highest BCUT2D eigenvalue weighted by Gasteiger charge is 2.11. The molecule has 1 N–H and O–H groups in total. The van der Waals surface area contributed by atoms with Crippen molar-refractivity contribution in [3.05, 3.63) is 36.4 Å². The highest BCUT2D eigenvalue weighted by atomic mass is 16.6. The van der Waals surface area contributed by atoms with Gasteiger partial charge < -0.3 is 14.6 Å². The van der Waals surface area contributed by atoms with Gasteiger partial charge in [0.25, 0.3) is 0 Å². The third-order valence-corrected chi connectivity index (χ3v) is 1.75. The number of para-hydroxylation sites is 2. The lowest BCUT2D eigenvalue weighted by Gasteiger charge is -2.08. The number of methoxy groups -OCH3 is 1. The normalized spacial score (nSPS) is 9.47. The molecule has 4 heteroatoms. The molecule has 15 heavy (non-hydrogen) atoms. The Bertz CT molecular complexity index is 371. The molecule has 1 rings (SSSR count). The second kappa shape index (κ2) is 5.17. The van der Waals surface area contributed by atoms with Gasteiger partial charge in [0.1, 0.15) is 0 Å². The van der Waals surface area contributed by atoms with Crippen LogP contribution in [-0.2, 0) is 4.79 Å². The summed E-state index contributed by atoms with van der Waals surface area (Å²) in [6.07, 6.45) is 0. The van der Waals surface area contributed by atoms with Crippen LogP contribution in [0.15, 0.2) is 36.4 Å². The molecule has 0 amide bonds. The van der Waals surface area contributed by atoms with Gasteiger partial charge in [-0.3, -0.25) is 0 Å². The Hall–Kier alpha value is -1.81. The number of ether oxygens (including phenoxy) is 2. The maximum atomic E-state index is 11.3. The minimum Gasteiger partial charge on any atom is -0.493 e. The topological polar surface area (TPSA) is 55.8 Å². The zero-order valence-electron chi connectivity index (χ0n) is 8.40. The number of esters is 1. The number of carbonyl (C=O) groups is 1. The molecule has 80 valence electrons. The molecule has 0 saturated carbocycles. The van der Waals surface area contributed by atoms with Crippen molar-refractivity contribution in [3.63, 3.8) is 0 Å². The van der Waals surface area contributed by atoms with Crippen LogP contribution in [0.25, 0.3) is 0 Å². The molecule has 0 heterocycles. The van der Waals surface area contributed by atoms with Crippen LogP contribution in [0.4, 0.5) is 0 Å². The highest BCUT2D eigenvalue weighted by Crippen LogP contribution is 2.26. The van der Waals surface area contributed by atoms with Crippen molar-refractivity contribution < 1.29 is 19.4 Å². The Morgan fingerprint density at radius 2 is 2.00 bits per heavy atom. The summed E-state index contributed by atoms with van der Waals surface area (Å²) in [5.74, 6) is 0.0955. The number of carbonyl (C=O) groups excluding carboxylic acids is 1. The third-order valence-electron chi connectivity index (χ3n) is 1.75. The van der Waals surface area contributed by atoms with Gasteiger partial charge in [-0.1, -0.05) is 18.7 Å². The van der Waals surface area contributed by atoms with E-state index < -0.39 is 12.6 Å². The highest BCUT2D eigenvalue weighted by molar-refractivity contribution is 5.90. The van der Waals surface area contributed by atoms with Crippen LogP contribution in [0.3, 0.4) is 0 Å². The number of aliphatic hydroxyl groups is 1. The average Bonchev–Trinajstić information content (AvgIpc) is 2.28. The van der Waals surface area contributed by atoms with Crippen LogP contribution < -0.4 is 9.47 Å². The first-order valence-electron chi connectivity index (χ1n) is 4.33. The molecule has 0 bridgehead atoms. The van der Waals surface area contributed by atoms with Crippen LogP contribution in [0, 0.1) is 0 Å². The summed E-state index contributed by atoms with van der Waals surface area (Å²) < 4.78 is 9.96. The first kappa shape index (κ1) is 11.3. The van der Waals surface area contributed by atoms with Crippen LogP contribution in [0.5, 0.6) is 11.5 Å². The lowest BCUT2D eigenvalue weighted by atomic mass is 10.3. The maximum Gasteiger partial charge on any atom is 0.341 e. The van der Waals surface area contributed by atoms with Gasteiger partial charge in [-0.25, -0.2) is 4.79 Å². The predicted molar refractivity (Wildman–Crippen MR) is 54.9 cm³/mol. The van der Waals surface area contributed by atoms with Crippen molar-refractivity contribution in [3.8, 4) is 11.5 Å². The SMILES string of the molecule is C=C(CO)C(=O)Oc1ccccc1OC. The summed E-state index contributed by atoms with van der Waals surface area (Å²) in [5.41, 5.74) is 0.000839. The fraction of sp³-hybridized carbons (Fsp3) is 0.182. The minimum atomic E-state index is -0.665. The van der Waals surface area contributed by atoms with E-state index in [1.54, 1.807) is 24.3 Å². The average molecular weight is 208 g/mol. The number of aliphatic hydroxyl groups excluding tert-OH is 1. The molecule has 0 aliphatic rings. The number of hydrogen-bond acceptors (Lipinski definition) is 4. The van der Waals surface area contributed by atoms with E-state index in [1.807, 2.05) is 0 Å². The molecule has 0 atom stereocenters. The van der Waals surface area contributed by atoms with E-state index in [1.165, 1.54) is 7.11 Å². The van der Waals surface area contributed by atoms with Crippen LogP contribution in [0.2, 0.25) is 0 Å². The zero-order chi connectivity index (χ0) is 11.3. The first-order valence-corrected chi connectivity index (χ1v) is 4.33. The van der Waals surface area contributed by atoms with Crippen molar-refractivity contribution in [1.82, 2.24) is 0 Å². The smallest absolute Gasteiger partial charge is 0.341 e. The molecule has 0 radical (unpaired) electrons. The van der Waals surface area contributed by atoms with E-state index in [0.29, 0.717) is 11.5 Å². The molecule has 0 aliphatic carbocycles. The molecular weight excluding hydrogens is 196 g/mol. The molecular formula is C11H12O4. The summed E-state index contributed by atoms with van der Waals surface area (Å²) in [6.45, 7) is 2.94. The Morgan fingerprint density at radius 1 is 1.40 bits per heavy atom. The van der Waals surface area contributed by atoms with Gasteiger partial charge in [0.15, 0.2) is 11.5 Å². The fourth-order valence-electron chi connectivity index (χ4n) is 0.940. The van der Waals surface area contributed by atoms with E-state index in [-0.39, 0.29) is 5.57 Å². The molecule has 1 aromatic rings. The van der Waals surface area contributed by atoms with Crippen molar-refractivity contribution in [2.75, 3.05) is 13.7 Å².